The lowest BCUT2D eigenvalue weighted by atomic mass is 10.1. The van der Waals surface area contributed by atoms with E-state index in [1.165, 1.54) is 6.07 Å². The molecule has 98 valence electrons. The second-order valence-electron chi connectivity index (χ2n) is 3.01. The standard InChI is InChI=1S/C10H6F5NO2/c11-9(12)17-8-6(4-5-16)2-1-3-7(8)18-10(13,14)15/h1-3,9H,4H2. The van der Waals surface area contributed by atoms with Crippen LogP contribution in [0.2, 0.25) is 0 Å². The van der Waals surface area contributed by atoms with Gasteiger partial charge in [-0.2, -0.15) is 14.0 Å². The molecule has 3 nitrogen and oxygen atoms in total. The highest BCUT2D eigenvalue weighted by atomic mass is 19.4. The lowest BCUT2D eigenvalue weighted by Gasteiger charge is -2.15. The predicted molar refractivity (Wildman–Crippen MR) is 49.1 cm³/mol. The highest BCUT2D eigenvalue weighted by Gasteiger charge is 2.33. The highest BCUT2D eigenvalue weighted by molar-refractivity contribution is 5.47. The molecule has 18 heavy (non-hydrogen) atoms. The van der Waals surface area contributed by atoms with Crippen LogP contribution in [0.3, 0.4) is 0 Å². The molecule has 0 heterocycles. The Balaban J connectivity index is 3.15. The van der Waals surface area contributed by atoms with Crippen molar-refractivity contribution in [1.82, 2.24) is 0 Å². The van der Waals surface area contributed by atoms with E-state index < -0.39 is 24.5 Å². The molecule has 0 atom stereocenters. The number of para-hydroxylation sites is 1. The Morgan fingerprint density at radius 1 is 1.28 bits per heavy atom. The fourth-order valence-corrected chi connectivity index (χ4v) is 1.21. The largest absolute Gasteiger partial charge is 0.573 e. The Labute approximate surface area is 98.3 Å². The van der Waals surface area contributed by atoms with E-state index in [0.717, 1.165) is 12.1 Å². The molecule has 1 rings (SSSR count). The molecule has 0 N–H and O–H groups in total. The zero-order valence-corrected chi connectivity index (χ0v) is 8.67. The molecular weight excluding hydrogens is 261 g/mol. The maximum Gasteiger partial charge on any atom is 0.573 e. The van der Waals surface area contributed by atoms with Crippen molar-refractivity contribution in [2.24, 2.45) is 0 Å². The Kier molecular flexibility index (Phi) is 4.31. The summed E-state index contributed by atoms with van der Waals surface area (Å²) in [7, 11) is 0. The molecule has 0 aliphatic carbocycles. The molecule has 1 aromatic rings. The normalized spacial score (nSPS) is 11.2. The van der Waals surface area contributed by atoms with E-state index >= 15 is 0 Å². The van der Waals surface area contributed by atoms with E-state index in [-0.39, 0.29) is 12.0 Å². The molecule has 8 heteroatoms. The van der Waals surface area contributed by atoms with Crippen molar-refractivity contribution in [3.63, 3.8) is 0 Å². The van der Waals surface area contributed by atoms with Gasteiger partial charge in [-0.1, -0.05) is 12.1 Å². The van der Waals surface area contributed by atoms with Crippen molar-refractivity contribution in [1.29, 1.82) is 5.26 Å². The van der Waals surface area contributed by atoms with Crippen molar-refractivity contribution >= 4 is 0 Å². The first-order valence-electron chi connectivity index (χ1n) is 4.53. The molecule has 0 radical (unpaired) electrons. The average Bonchev–Trinajstić information content (AvgIpc) is 2.20. The lowest BCUT2D eigenvalue weighted by molar-refractivity contribution is -0.275. The molecule has 1 aromatic carbocycles. The van der Waals surface area contributed by atoms with Gasteiger partial charge in [0.25, 0.3) is 0 Å². The molecule has 0 saturated heterocycles. The fourth-order valence-electron chi connectivity index (χ4n) is 1.21. The Morgan fingerprint density at radius 3 is 2.44 bits per heavy atom. The summed E-state index contributed by atoms with van der Waals surface area (Å²) in [6.45, 7) is -3.32. The van der Waals surface area contributed by atoms with Gasteiger partial charge in [0.2, 0.25) is 0 Å². The average molecular weight is 267 g/mol. The van der Waals surface area contributed by atoms with Crippen LogP contribution in [0.5, 0.6) is 11.5 Å². The predicted octanol–water partition coefficient (Wildman–Crippen LogP) is 3.25. The van der Waals surface area contributed by atoms with Crippen LogP contribution >= 0.6 is 0 Å². The van der Waals surface area contributed by atoms with Crippen molar-refractivity contribution < 1.29 is 31.4 Å². The Bertz CT molecular complexity index is 453. The summed E-state index contributed by atoms with van der Waals surface area (Å²) in [5, 5.41) is 8.45. The minimum atomic E-state index is -5.04. The molecule has 0 amide bonds. The van der Waals surface area contributed by atoms with Gasteiger partial charge in [0.1, 0.15) is 0 Å². The molecule has 0 fully saturated rings. The van der Waals surface area contributed by atoms with Gasteiger partial charge in [0.15, 0.2) is 11.5 Å². The van der Waals surface area contributed by atoms with E-state index in [2.05, 4.69) is 9.47 Å². The van der Waals surface area contributed by atoms with E-state index in [0.29, 0.717) is 0 Å². The van der Waals surface area contributed by atoms with Crippen LogP contribution in [0.1, 0.15) is 5.56 Å². The zero-order valence-electron chi connectivity index (χ0n) is 8.67. The highest BCUT2D eigenvalue weighted by Crippen LogP contribution is 2.36. The summed E-state index contributed by atoms with van der Waals surface area (Å²) in [5.41, 5.74) is -0.112. The van der Waals surface area contributed by atoms with E-state index in [1.807, 2.05) is 0 Å². The lowest BCUT2D eigenvalue weighted by Crippen LogP contribution is -2.18. The molecule has 0 bridgehead atoms. The number of hydrogen-bond donors (Lipinski definition) is 0. The van der Waals surface area contributed by atoms with Crippen LogP contribution in [0.25, 0.3) is 0 Å². The number of benzene rings is 1. The van der Waals surface area contributed by atoms with Crippen molar-refractivity contribution in [3.05, 3.63) is 23.8 Å². The van der Waals surface area contributed by atoms with Gasteiger partial charge in [0, 0.05) is 5.56 Å². The quantitative estimate of drug-likeness (QED) is 0.786. The second-order valence-corrected chi connectivity index (χ2v) is 3.01. The van der Waals surface area contributed by atoms with Crippen LogP contribution in [0.15, 0.2) is 18.2 Å². The van der Waals surface area contributed by atoms with Gasteiger partial charge in [-0.3, -0.25) is 0 Å². The summed E-state index contributed by atoms with van der Waals surface area (Å²) >= 11 is 0. The third-order valence-corrected chi connectivity index (χ3v) is 1.76. The number of nitriles is 1. The van der Waals surface area contributed by atoms with Crippen molar-refractivity contribution in [3.8, 4) is 17.6 Å². The van der Waals surface area contributed by atoms with E-state index in [1.54, 1.807) is 6.07 Å². The van der Waals surface area contributed by atoms with Gasteiger partial charge in [-0.15, -0.1) is 13.2 Å². The third-order valence-electron chi connectivity index (χ3n) is 1.76. The van der Waals surface area contributed by atoms with Gasteiger partial charge in [-0.05, 0) is 6.07 Å². The number of ether oxygens (including phenoxy) is 2. The maximum atomic E-state index is 12.1. The fraction of sp³-hybridized carbons (Fsp3) is 0.300. The minimum absolute atomic E-state index is 0.112. The number of rotatable bonds is 4. The van der Waals surface area contributed by atoms with Crippen LogP contribution in [-0.4, -0.2) is 13.0 Å². The van der Waals surface area contributed by atoms with Crippen LogP contribution in [0.4, 0.5) is 22.0 Å². The van der Waals surface area contributed by atoms with Gasteiger partial charge in [-0.25, -0.2) is 0 Å². The molecular formula is C10H6F5NO2. The first kappa shape index (κ1) is 14.0. The van der Waals surface area contributed by atoms with Gasteiger partial charge in [0.05, 0.1) is 12.5 Å². The first-order valence-corrected chi connectivity index (χ1v) is 4.53. The minimum Gasteiger partial charge on any atom is -0.431 e. The molecule has 0 unspecified atom stereocenters. The second kappa shape index (κ2) is 5.53. The summed E-state index contributed by atoms with van der Waals surface area (Å²) in [6.07, 6.45) is -5.41. The van der Waals surface area contributed by atoms with Crippen molar-refractivity contribution in [2.45, 2.75) is 19.4 Å². The SMILES string of the molecule is N#CCc1cccc(OC(F)(F)F)c1OC(F)F. The van der Waals surface area contributed by atoms with Gasteiger partial charge < -0.3 is 9.47 Å². The summed E-state index contributed by atoms with van der Waals surface area (Å²) in [4.78, 5) is 0. The molecule has 0 saturated carbocycles. The summed E-state index contributed by atoms with van der Waals surface area (Å²) in [6, 6.07) is 4.79. The molecule has 0 aliphatic rings. The zero-order chi connectivity index (χ0) is 13.8. The van der Waals surface area contributed by atoms with E-state index in [4.69, 9.17) is 5.26 Å². The molecule has 0 spiro atoms. The summed E-state index contributed by atoms with van der Waals surface area (Å²) < 4.78 is 67.9. The Hall–Kier alpha value is -2.04. The number of nitrogens with zero attached hydrogens (tertiary/aromatic N) is 1. The van der Waals surface area contributed by atoms with Crippen LogP contribution in [-0.2, 0) is 6.42 Å². The summed E-state index contributed by atoms with van der Waals surface area (Å²) in [5.74, 6) is -1.69. The smallest absolute Gasteiger partial charge is 0.431 e. The number of hydrogen-bond acceptors (Lipinski definition) is 3. The first-order chi connectivity index (χ1) is 8.33. The third kappa shape index (κ3) is 4.08. The van der Waals surface area contributed by atoms with Crippen LogP contribution in [0, 0.1) is 11.3 Å². The van der Waals surface area contributed by atoms with Crippen LogP contribution < -0.4 is 9.47 Å². The van der Waals surface area contributed by atoms with Gasteiger partial charge >= 0.3 is 13.0 Å². The van der Waals surface area contributed by atoms with E-state index in [9.17, 15) is 22.0 Å². The molecule has 0 aromatic heterocycles. The number of halogens is 5. The monoisotopic (exact) mass is 267 g/mol. The maximum absolute atomic E-state index is 12.1. The topological polar surface area (TPSA) is 42.2 Å². The number of alkyl halides is 5. The molecule has 0 aliphatic heterocycles. The van der Waals surface area contributed by atoms with Crippen molar-refractivity contribution in [2.75, 3.05) is 0 Å². The Morgan fingerprint density at radius 2 is 1.94 bits per heavy atom.